The highest BCUT2D eigenvalue weighted by atomic mass is 19.1. The van der Waals surface area contributed by atoms with Crippen LogP contribution in [0.3, 0.4) is 0 Å². The van der Waals surface area contributed by atoms with E-state index in [2.05, 4.69) is 11.0 Å². The monoisotopic (exact) mass is 290 g/mol. The molecule has 2 rings (SSSR count). The number of rotatable bonds is 4. The first-order valence-corrected chi connectivity index (χ1v) is 7.37. The molecule has 1 atom stereocenters. The first-order chi connectivity index (χ1) is 9.99. The molecule has 1 aliphatic rings. The molecule has 0 spiro atoms. The zero-order chi connectivity index (χ0) is 15.4. The SMILES string of the molecule is CN(C)C[C@H]1CCCC=C1N(C)C(=O)c1ccc(F)cc1. The minimum absolute atomic E-state index is 0.0769. The van der Waals surface area contributed by atoms with E-state index in [1.54, 1.807) is 17.0 Å². The van der Waals surface area contributed by atoms with Crippen molar-refractivity contribution in [3.63, 3.8) is 0 Å². The molecule has 3 nitrogen and oxygen atoms in total. The van der Waals surface area contributed by atoms with E-state index in [0.717, 1.165) is 25.1 Å². The van der Waals surface area contributed by atoms with Crippen molar-refractivity contribution in [3.8, 4) is 0 Å². The van der Waals surface area contributed by atoms with Gasteiger partial charge in [-0.2, -0.15) is 0 Å². The Hall–Kier alpha value is -1.68. The predicted octanol–water partition coefficient (Wildman–Crippen LogP) is 3.14. The summed E-state index contributed by atoms with van der Waals surface area (Å²) in [6, 6.07) is 5.73. The van der Waals surface area contributed by atoms with Gasteiger partial charge in [-0.3, -0.25) is 4.79 Å². The topological polar surface area (TPSA) is 23.6 Å². The van der Waals surface area contributed by atoms with Crippen LogP contribution in [0.15, 0.2) is 36.0 Å². The van der Waals surface area contributed by atoms with Gasteiger partial charge in [0.1, 0.15) is 5.82 Å². The summed E-state index contributed by atoms with van der Waals surface area (Å²) in [6.45, 7) is 0.937. The van der Waals surface area contributed by atoms with Gasteiger partial charge in [0.25, 0.3) is 5.91 Å². The van der Waals surface area contributed by atoms with Crippen molar-refractivity contribution in [2.75, 3.05) is 27.7 Å². The first kappa shape index (κ1) is 15.7. The Labute approximate surface area is 126 Å². The fourth-order valence-corrected chi connectivity index (χ4v) is 2.87. The molecule has 0 fully saturated rings. The van der Waals surface area contributed by atoms with Crippen LogP contribution in [-0.2, 0) is 0 Å². The maximum Gasteiger partial charge on any atom is 0.257 e. The van der Waals surface area contributed by atoms with Gasteiger partial charge >= 0.3 is 0 Å². The summed E-state index contributed by atoms with van der Waals surface area (Å²) in [5.74, 6) is -0.0216. The van der Waals surface area contributed by atoms with E-state index in [-0.39, 0.29) is 11.7 Å². The largest absolute Gasteiger partial charge is 0.315 e. The summed E-state index contributed by atoms with van der Waals surface area (Å²) in [5, 5.41) is 0. The Morgan fingerprint density at radius 1 is 1.24 bits per heavy atom. The molecule has 0 saturated heterocycles. The lowest BCUT2D eigenvalue weighted by molar-refractivity contribution is 0.0813. The minimum Gasteiger partial charge on any atom is -0.315 e. The summed E-state index contributed by atoms with van der Waals surface area (Å²) in [6.07, 6.45) is 5.45. The fourth-order valence-electron chi connectivity index (χ4n) is 2.87. The number of carbonyl (C=O) groups is 1. The van der Waals surface area contributed by atoms with Crippen LogP contribution in [0, 0.1) is 11.7 Å². The second-order valence-corrected chi connectivity index (χ2v) is 5.89. The molecule has 1 aliphatic carbocycles. The second kappa shape index (κ2) is 6.85. The zero-order valence-corrected chi connectivity index (χ0v) is 13.0. The van der Waals surface area contributed by atoms with Gasteiger partial charge < -0.3 is 9.80 Å². The van der Waals surface area contributed by atoms with E-state index in [4.69, 9.17) is 0 Å². The molecule has 1 aromatic carbocycles. The van der Waals surface area contributed by atoms with Gasteiger partial charge in [0.2, 0.25) is 0 Å². The van der Waals surface area contributed by atoms with Gasteiger partial charge in [0, 0.05) is 30.8 Å². The summed E-state index contributed by atoms with van der Waals surface area (Å²) in [5.41, 5.74) is 1.61. The van der Waals surface area contributed by atoms with Crippen LogP contribution in [-0.4, -0.2) is 43.4 Å². The molecule has 0 aliphatic heterocycles. The number of benzene rings is 1. The third-order valence-corrected chi connectivity index (χ3v) is 3.90. The van der Waals surface area contributed by atoms with Gasteiger partial charge in [-0.1, -0.05) is 6.08 Å². The van der Waals surface area contributed by atoms with Crippen LogP contribution >= 0.6 is 0 Å². The molecule has 0 bridgehead atoms. The van der Waals surface area contributed by atoms with Crippen LogP contribution in [0.5, 0.6) is 0 Å². The van der Waals surface area contributed by atoms with Crippen LogP contribution in [0.25, 0.3) is 0 Å². The van der Waals surface area contributed by atoms with E-state index in [9.17, 15) is 9.18 Å². The van der Waals surface area contributed by atoms with Crippen molar-refractivity contribution < 1.29 is 9.18 Å². The number of halogens is 1. The number of hydrogen-bond acceptors (Lipinski definition) is 2. The summed E-state index contributed by atoms with van der Waals surface area (Å²) >= 11 is 0. The third-order valence-electron chi connectivity index (χ3n) is 3.90. The van der Waals surface area contributed by atoms with E-state index < -0.39 is 0 Å². The van der Waals surface area contributed by atoms with E-state index in [0.29, 0.717) is 11.5 Å². The Morgan fingerprint density at radius 2 is 1.90 bits per heavy atom. The Balaban J connectivity index is 2.16. The highest BCUT2D eigenvalue weighted by Crippen LogP contribution is 2.28. The van der Waals surface area contributed by atoms with Crippen molar-refractivity contribution in [1.82, 2.24) is 9.80 Å². The highest BCUT2D eigenvalue weighted by Gasteiger charge is 2.25. The van der Waals surface area contributed by atoms with Gasteiger partial charge in [0.05, 0.1) is 0 Å². The van der Waals surface area contributed by atoms with Gasteiger partial charge in [-0.15, -0.1) is 0 Å². The molecule has 0 aromatic heterocycles. The normalized spacial score (nSPS) is 18.5. The van der Waals surface area contributed by atoms with Crippen molar-refractivity contribution in [2.24, 2.45) is 5.92 Å². The van der Waals surface area contributed by atoms with Crippen LogP contribution < -0.4 is 0 Å². The molecular formula is C17H23FN2O. The van der Waals surface area contributed by atoms with Crippen molar-refractivity contribution in [2.45, 2.75) is 19.3 Å². The maximum atomic E-state index is 13.0. The molecule has 0 N–H and O–H groups in total. The number of hydrogen-bond donors (Lipinski definition) is 0. The molecule has 1 amide bonds. The Bertz CT molecular complexity index is 522. The standard InChI is InChI=1S/C17H23FN2O/c1-19(2)12-14-6-4-5-7-16(14)20(3)17(21)13-8-10-15(18)11-9-13/h7-11,14H,4-6,12H2,1-3H3/t14-/m1/s1. The molecular weight excluding hydrogens is 267 g/mol. The van der Waals surface area contributed by atoms with Crippen molar-refractivity contribution in [1.29, 1.82) is 0 Å². The number of carbonyl (C=O) groups excluding carboxylic acids is 1. The summed E-state index contributed by atoms with van der Waals surface area (Å²) in [4.78, 5) is 16.4. The Kier molecular flexibility index (Phi) is 5.12. The molecule has 0 unspecified atom stereocenters. The Morgan fingerprint density at radius 3 is 2.52 bits per heavy atom. The number of amides is 1. The second-order valence-electron chi connectivity index (χ2n) is 5.89. The lowest BCUT2D eigenvalue weighted by Gasteiger charge is -2.32. The van der Waals surface area contributed by atoms with Crippen LogP contribution in [0.4, 0.5) is 4.39 Å². The lowest BCUT2D eigenvalue weighted by Crippen LogP contribution is -2.35. The van der Waals surface area contributed by atoms with Crippen LogP contribution in [0.1, 0.15) is 29.6 Å². The molecule has 1 aromatic rings. The van der Waals surface area contributed by atoms with Gasteiger partial charge in [-0.25, -0.2) is 4.39 Å². The lowest BCUT2D eigenvalue weighted by atomic mass is 9.91. The van der Waals surface area contributed by atoms with E-state index >= 15 is 0 Å². The quantitative estimate of drug-likeness (QED) is 0.850. The molecule has 0 saturated carbocycles. The fraction of sp³-hybridized carbons (Fsp3) is 0.471. The predicted molar refractivity (Wildman–Crippen MR) is 82.5 cm³/mol. The van der Waals surface area contributed by atoms with Gasteiger partial charge in [0.15, 0.2) is 0 Å². The third kappa shape index (κ3) is 3.91. The average Bonchev–Trinajstić information content (AvgIpc) is 2.46. The van der Waals surface area contributed by atoms with E-state index in [1.807, 2.05) is 21.1 Å². The molecule has 0 heterocycles. The van der Waals surface area contributed by atoms with Crippen molar-refractivity contribution >= 4 is 5.91 Å². The highest BCUT2D eigenvalue weighted by molar-refractivity contribution is 5.95. The molecule has 0 radical (unpaired) electrons. The maximum absolute atomic E-state index is 13.0. The van der Waals surface area contributed by atoms with Gasteiger partial charge in [-0.05, 0) is 57.6 Å². The molecule has 4 heteroatoms. The summed E-state index contributed by atoms with van der Waals surface area (Å²) < 4.78 is 13.0. The van der Waals surface area contributed by atoms with E-state index in [1.165, 1.54) is 18.6 Å². The van der Waals surface area contributed by atoms with Crippen LogP contribution in [0.2, 0.25) is 0 Å². The average molecular weight is 290 g/mol. The first-order valence-electron chi connectivity index (χ1n) is 7.37. The molecule has 114 valence electrons. The van der Waals surface area contributed by atoms with Crippen molar-refractivity contribution in [3.05, 3.63) is 47.4 Å². The smallest absolute Gasteiger partial charge is 0.257 e. The molecule has 21 heavy (non-hydrogen) atoms. The summed E-state index contributed by atoms with van der Waals surface area (Å²) in [7, 11) is 5.91. The zero-order valence-electron chi connectivity index (χ0n) is 13.0. The number of allylic oxidation sites excluding steroid dienone is 1. The number of nitrogens with zero attached hydrogens (tertiary/aromatic N) is 2. The minimum atomic E-state index is -0.323.